The Morgan fingerprint density at radius 2 is 2.43 bits per heavy atom. The van der Waals surface area contributed by atoms with E-state index in [1.807, 2.05) is 11.8 Å². The Labute approximate surface area is 90.3 Å². The molecule has 2 rings (SSSR count). The smallest absolute Gasteiger partial charge is 0.0162 e. The average Bonchev–Trinajstić information content (AvgIpc) is 2.67. The lowest BCUT2D eigenvalue weighted by Crippen LogP contribution is -2.23. The van der Waals surface area contributed by atoms with Crippen LogP contribution in [0.15, 0.2) is 29.2 Å². The van der Waals surface area contributed by atoms with Crippen molar-refractivity contribution in [1.82, 2.24) is 5.32 Å². The molecule has 1 aliphatic rings. The third-order valence-corrected chi connectivity index (χ3v) is 3.76. The molecule has 0 saturated carbocycles. The lowest BCUT2D eigenvalue weighted by molar-refractivity contribution is 0.674. The molecule has 0 radical (unpaired) electrons. The standard InChI is InChI=1S/C12H17NS/c1-10-4-2-6-12(8-10)14-9-11-5-3-7-13-11/h2,4,6,8,11,13H,3,5,7,9H2,1H3. The highest BCUT2D eigenvalue weighted by Gasteiger charge is 2.13. The number of rotatable bonds is 3. The summed E-state index contributed by atoms with van der Waals surface area (Å²) in [5.41, 5.74) is 1.36. The van der Waals surface area contributed by atoms with Crippen LogP contribution in [-0.4, -0.2) is 18.3 Å². The molecule has 14 heavy (non-hydrogen) atoms. The van der Waals surface area contributed by atoms with E-state index in [2.05, 4.69) is 36.5 Å². The maximum Gasteiger partial charge on any atom is 0.0162 e. The zero-order valence-electron chi connectivity index (χ0n) is 8.62. The zero-order valence-corrected chi connectivity index (χ0v) is 9.44. The van der Waals surface area contributed by atoms with E-state index < -0.39 is 0 Å². The topological polar surface area (TPSA) is 12.0 Å². The minimum Gasteiger partial charge on any atom is -0.313 e. The fraction of sp³-hybridized carbons (Fsp3) is 0.500. The van der Waals surface area contributed by atoms with Crippen LogP contribution < -0.4 is 5.32 Å². The second kappa shape index (κ2) is 4.85. The number of hydrogen-bond acceptors (Lipinski definition) is 2. The average molecular weight is 207 g/mol. The van der Waals surface area contributed by atoms with Gasteiger partial charge in [-0.2, -0.15) is 0 Å². The summed E-state index contributed by atoms with van der Waals surface area (Å²) < 4.78 is 0. The number of aryl methyl sites for hydroxylation is 1. The number of benzene rings is 1. The fourth-order valence-electron chi connectivity index (χ4n) is 1.80. The van der Waals surface area contributed by atoms with E-state index >= 15 is 0 Å². The molecule has 0 aliphatic carbocycles. The third-order valence-electron chi connectivity index (χ3n) is 2.60. The summed E-state index contributed by atoms with van der Waals surface area (Å²) in [6.07, 6.45) is 2.69. The quantitative estimate of drug-likeness (QED) is 0.765. The Hall–Kier alpha value is -0.470. The first-order valence-corrected chi connectivity index (χ1v) is 6.26. The van der Waals surface area contributed by atoms with Crippen molar-refractivity contribution in [2.45, 2.75) is 30.7 Å². The summed E-state index contributed by atoms with van der Waals surface area (Å²) >= 11 is 1.97. The molecule has 1 N–H and O–H groups in total. The maximum absolute atomic E-state index is 3.52. The van der Waals surface area contributed by atoms with Gasteiger partial charge in [-0.3, -0.25) is 0 Å². The maximum atomic E-state index is 3.52. The molecule has 1 atom stereocenters. The summed E-state index contributed by atoms with van der Waals surface area (Å²) in [5, 5.41) is 3.52. The van der Waals surface area contributed by atoms with E-state index in [0.29, 0.717) is 0 Å². The van der Waals surface area contributed by atoms with Crippen molar-refractivity contribution in [3.8, 4) is 0 Å². The van der Waals surface area contributed by atoms with Crippen LogP contribution in [0.3, 0.4) is 0 Å². The molecular weight excluding hydrogens is 190 g/mol. The van der Waals surface area contributed by atoms with Gasteiger partial charge >= 0.3 is 0 Å². The molecule has 1 nitrogen and oxygen atoms in total. The van der Waals surface area contributed by atoms with Crippen molar-refractivity contribution in [3.63, 3.8) is 0 Å². The van der Waals surface area contributed by atoms with Gasteiger partial charge < -0.3 is 5.32 Å². The van der Waals surface area contributed by atoms with Crippen LogP contribution in [0.4, 0.5) is 0 Å². The lowest BCUT2D eigenvalue weighted by Gasteiger charge is -2.09. The first-order chi connectivity index (χ1) is 6.84. The number of hydrogen-bond donors (Lipinski definition) is 1. The van der Waals surface area contributed by atoms with Gasteiger partial charge in [-0.25, -0.2) is 0 Å². The molecule has 0 spiro atoms. The highest BCUT2D eigenvalue weighted by Crippen LogP contribution is 2.21. The number of nitrogens with one attached hydrogen (secondary N) is 1. The normalized spacial score (nSPS) is 21.4. The van der Waals surface area contributed by atoms with Crippen molar-refractivity contribution in [1.29, 1.82) is 0 Å². The van der Waals surface area contributed by atoms with Crippen LogP contribution in [-0.2, 0) is 0 Å². The van der Waals surface area contributed by atoms with E-state index in [-0.39, 0.29) is 0 Å². The Balaban J connectivity index is 1.85. The minimum absolute atomic E-state index is 0.737. The van der Waals surface area contributed by atoms with Gasteiger partial charge in [0.25, 0.3) is 0 Å². The molecule has 2 heteroatoms. The van der Waals surface area contributed by atoms with E-state index in [9.17, 15) is 0 Å². The molecule has 1 aromatic carbocycles. The molecule has 76 valence electrons. The molecule has 1 aromatic rings. The Morgan fingerprint density at radius 1 is 1.50 bits per heavy atom. The van der Waals surface area contributed by atoms with Gasteiger partial charge in [-0.1, -0.05) is 17.7 Å². The second-order valence-corrected chi connectivity index (χ2v) is 5.01. The van der Waals surface area contributed by atoms with Crippen LogP contribution in [0.25, 0.3) is 0 Å². The van der Waals surface area contributed by atoms with Gasteiger partial charge in [0.15, 0.2) is 0 Å². The molecule has 1 saturated heterocycles. The second-order valence-electron chi connectivity index (χ2n) is 3.92. The summed E-state index contributed by atoms with van der Waals surface area (Å²) in [6.45, 7) is 3.36. The SMILES string of the molecule is Cc1cccc(SCC2CCCN2)c1. The van der Waals surface area contributed by atoms with E-state index in [1.54, 1.807) is 0 Å². The summed E-state index contributed by atoms with van der Waals surface area (Å²) in [4.78, 5) is 1.40. The van der Waals surface area contributed by atoms with Crippen molar-refractivity contribution in [3.05, 3.63) is 29.8 Å². The third kappa shape index (κ3) is 2.76. The number of thioether (sulfide) groups is 1. The summed E-state index contributed by atoms with van der Waals surface area (Å²) in [6, 6.07) is 9.49. The molecule has 1 fully saturated rings. The summed E-state index contributed by atoms with van der Waals surface area (Å²) in [5.74, 6) is 1.21. The fourth-order valence-corrected chi connectivity index (χ4v) is 2.92. The molecule has 1 unspecified atom stereocenters. The first-order valence-electron chi connectivity index (χ1n) is 5.27. The predicted octanol–water partition coefficient (Wildman–Crippen LogP) is 2.84. The largest absolute Gasteiger partial charge is 0.313 e. The Kier molecular flexibility index (Phi) is 3.49. The molecular formula is C12H17NS. The highest BCUT2D eigenvalue weighted by molar-refractivity contribution is 7.99. The van der Waals surface area contributed by atoms with Crippen LogP contribution in [0.2, 0.25) is 0 Å². The van der Waals surface area contributed by atoms with Gasteiger partial charge in [-0.05, 0) is 38.4 Å². The van der Waals surface area contributed by atoms with Gasteiger partial charge in [0.05, 0.1) is 0 Å². The first kappa shape index (κ1) is 10.1. The highest BCUT2D eigenvalue weighted by atomic mass is 32.2. The molecule has 0 bridgehead atoms. The molecule has 1 heterocycles. The van der Waals surface area contributed by atoms with Crippen molar-refractivity contribution in [2.24, 2.45) is 0 Å². The molecule has 0 amide bonds. The lowest BCUT2D eigenvalue weighted by atomic mass is 10.2. The van der Waals surface area contributed by atoms with E-state index in [4.69, 9.17) is 0 Å². The van der Waals surface area contributed by atoms with Gasteiger partial charge in [0, 0.05) is 16.7 Å². The monoisotopic (exact) mass is 207 g/mol. The Bertz CT molecular complexity index is 292. The van der Waals surface area contributed by atoms with Crippen LogP contribution in [0, 0.1) is 6.92 Å². The van der Waals surface area contributed by atoms with Crippen LogP contribution in [0.5, 0.6) is 0 Å². The van der Waals surface area contributed by atoms with E-state index in [1.165, 1.54) is 35.6 Å². The van der Waals surface area contributed by atoms with Crippen LogP contribution in [0.1, 0.15) is 18.4 Å². The van der Waals surface area contributed by atoms with Crippen LogP contribution >= 0.6 is 11.8 Å². The summed E-state index contributed by atoms with van der Waals surface area (Å²) in [7, 11) is 0. The van der Waals surface area contributed by atoms with Crippen molar-refractivity contribution < 1.29 is 0 Å². The van der Waals surface area contributed by atoms with Gasteiger partial charge in [0.2, 0.25) is 0 Å². The molecule has 1 aliphatic heterocycles. The zero-order chi connectivity index (χ0) is 9.80. The van der Waals surface area contributed by atoms with E-state index in [0.717, 1.165) is 6.04 Å². The van der Waals surface area contributed by atoms with Gasteiger partial charge in [0.1, 0.15) is 0 Å². The molecule has 0 aromatic heterocycles. The van der Waals surface area contributed by atoms with Crippen molar-refractivity contribution >= 4 is 11.8 Å². The minimum atomic E-state index is 0.737. The predicted molar refractivity (Wildman–Crippen MR) is 62.9 cm³/mol. The van der Waals surface area contributed by atoms with Gasteiger partial charge in [-0.15, -0.1) is 11.8 Å². The Morgan fingerprint density at radius 3 is 3.14 bits per heavy atom. The van der Waals surface area contributed by atoms with Crippen molar-refractivity contribution in [2.75, 3.05) is 12.3 Å².